The summed E-state index contributed by atoms with van der Waals surface area (Å²) in [7, 11) is 3.26. The van der Waals surface area contributed by atoms with Crippen molar-refractivity contribution in [3.8, 4) is 22.8 Å². The highest BCUT2D eigenvalue weighted by molar-refractivity contribution is 5.68. The first-order chi connectivity index (χ1) is 11.2. The molecular formula is C17H18N4O2. The largest absolute Gasteiger partial charge is 0.497 e. The molecule has 0 spiro atoms. The molecule has 1 heterocycles. The number of aromatic nitrogens is 3. The van der Waals surface area contributed by atoms with Gasteiger partial charge in [-0.25, -0.2) is 4.68 Å². The van der Waals surface area contributed by atoms with Crippen molar-refractivity contribution in [2.45, 2.75) is 6.54 Å². The van der Waals surface area contributed by atoms with Gasteiger partial charge in [-0.2, -0.15) is 0 Å². The zero-order valence-corrected chi connectivity index (χ0v) is 13.1. The summed E-state index contributed by atoms with van der Waals surface area (Å²) in [6.45, 7) is 0.602. The standard InChI is InChI=1S/C17H18N4O2/c1-22-14-7-8-15(17(9-14)23-2)16-10-19-20-21(16)11-12-3-5-13(18)6-4-12/h3-10H,11,18H2,1-2H3. The Hall–Kier alpha value is -3.02. The van der Waals surface area contributed by atoms with E-state index in [1.165, 1.54) is 0 Å². The van der Waals surface area contributed by atoms with Crippen LogP contribution in [0.25, 0.3) is 11.3 Å². The number of nitrogens with two attached hydrogens (primary N) is 1. The van der Waals surface area contributed by atoms with E-state index in [1.54, 1.807) is 20.4 Å². The van der Waals surface area contributed by atoms with Crippen LogP contribution in [-0.2, 0) is 6.54 Å². The number of nitrogen functional groups attached to an aromatic ring is 1. The molecule has 0 amide bonds. The fourth-order valence-electron chi connectivity index (χ4n) is 2.39. The van der Waals surface area contributed by atoms with Crippen molar-refractivity contribution in [1.82, 2.24) is 15.0 Å². The van der Waals surface area contributed by atoms with E-state index in [1.807, 2.05) is 47.1 Å². The van der Waals surface area contributed by atoms with Crippen LogP contribution in [0.4, 0.5) is 5.69 Å². The molecule has 0 bridgehead atoms. The molecule has 3 aromatic rings. The van der Waals surface area contributed by atoms with Crippen molar-refractivity contribution in [2.24, 2.45) is 0 Å². The van der Waals surface area contributed by atoms with Crippen molar-refractivity contribution >= 4 is 5.69 Å². The molecule has 3 rings (SSSR count). The molecule has 0 atom stereocenters. The number of benzene rings is 2. The summed E-state index contributed by atoms with van der Waals surface area (Å²) in [6, 6.07) is 13.4. The third kappa shape index (κ3) is 3.11. The molecular weight excluding hydrogens is 292 g/mol. The molecule has 0 unspecified atom stereocenters. The van der Waals surface area contributed by atoms with Gasteiger partial charge >= 0.3 is 0 Å². The normalized spacial score (nSPS) is 10.5. The summed E-state index contributed by atoms with van der Waals surface area (Å²) in [4.78, 5) is 0. The van der Waals surface area contributed by atoms with Crippen LogP contribution in [0.3, 0.4) is 0 Å². The van der Waals surface area contributed by atoms with Crippen LogP contribution in [0.15, 0.2) is 48.7 Å². The Morgan fingerprint density at radius 1 is 1.04 bits per heavy atom. The Morgan fingerprint density at radius 2 is 1.83 bits per heavy atom. The Labute approximate surface area is 134 Å². The van der Waals surface area contributed by atoms with Gasteiger partial charge in [-0.3, -0.25) is 0 Å². The minimum absolute atomic E-state index is 0.602. The lowest BCUT2D eigenvalue weighted by Gasteiger charge is -2.12. The Balaban J connectivity index is 1.96. The molecule has 0 saturated carbocycles. The molecule has 1 aromatic heterocycles. The van der Waals surface area contributed by atoms with Crippen molar-refractivity contribution in [3.63, 3.8) is 0 Å². The molecule has 2 aromatic carbocycles. The predicted molar refractivity (Wildman–Crippen MR) is 88.5 cm³/mol. The van der Waals surface area contributed by atoms with Gasteiger partial charge in [0.25, 0.3) is 0 Å². The van der Waals surface area contributed by atoms with Gasteiger partial charge in [0, 0.05) is 17.3 Å². The number of methoxy groups -OCH3 is 2. The maximum absolute atomic E-state index is 5.72. The predicted octanol–water partition coefficient (Wildman–Crippen LogP) is 2.59. The molecule has 2 N–H and O–H groups in total. The first-order valence-corrected chi connectivity index (χ1v) is 7.16. The summed E-state index contributed by atoms with van der Waals surface area (Å²) < 4.78 is 12.5. The molecule has 0 saturated heterocycles. The quantitative estimate of drug-likeness (QED) is 0.733. The molecule has 6 nitrogen and oxygen atoms in total. The van der Waals surface area contributed by atoms with Crippen molar-refractivity contribution in [3.05, 3.63) is 54.2 Å². The van der Waals surface area contributed by atoms with Gasteiger partial charge < -0.3 is 15.2 Å². The van der Waals surface area contributed by atoms with Crippen LogP contribution in [0.1, 0.15) is 5.56 Å². The third-order valence-electron chi connectivity index (χ3n) is 3.61. The van der Waals surface area contributed by atoms with Crippen LogP contribution < -0.4 is 15.2 Å². The summed E-state index contributed by atoms with van der Waals surface area (Å²) in [5.41, 5.74) is 9.35. The number of ether oxygens (including phenoxy) is 2. The first-order valence-electron chi connectivity index (χ1n) is 7.16. The maximum atomic E-state index is 5.72. The number of hydrogen-bond donors (Lipinski definition) is 1. The lowest BCUT2D eigenvalue weighted by molar-refractivity contribution is 0.395. The topological polar surface area (TPSA) is 75.2 Å². The molecule has 0 aliphatic carbocycles. The van der Waals surface area contributed by atoms with E-state index in [2.05, 4.69) is 10.3 Å². The zero-order chi connectivity index (χ0) is 16.2. The minimum Gasteiger partial charge on any atom is -0.497 e. The smallest absolute Gasteiger partial charge is 0.131 e. The number of nitrogens with zero attached hydrogens (tertiary/aromatic N) is 3. The van der Waals surface area contributed by atoms with Gasteiger partial charge in [-0.1, -0.05) is 17.3 Å². The summed E-state index contributed by atoms with van der Waals surface area (Å²) in [6.07, 6.45) is 1.72. The molecule has 0 aliphatic rings. The first kappa shape index (κ1) is 14.9. The molecule has 23 heavy (non-hydrogen) atoms. The van der Waals surface area contributed by atoms with Gasteiger partial charge in [-0.15, -0.1) is 5.10 Å². The number of anilines is 1. The van der Waals surface area contributed by atoms with Gasteiger partial charge in [-0.05, 0) is 29.8 Å². The van der Waals surface area contributed by atoms with Gasteiger partial charge in [0.2, 0.25) is 0 Å². The van der Waals surface area contributed by atoms with Crippen molar-refractivity contribution in [2.75, 3.05) is 20.0 Å². The minimum atomic E-state index is 0.602. The average Bonchev–Trinajstić information content (AvgIpc) is 3.04. The molecule has 0 aliphatic heterocycles. The summed E-state index contributed by atoms with van der Waals surface area (Å²) in [5, 5.41) is 8.21. The van der Waals surface area contributed by atoms with Crippen LogP contribution >= 0.6 is 0 Å². The molecule has 0 fully saturated rings. The van der Waals surface area contributed by atoms with E-state index in [4.69, 9.17) is 15.2 Å². The van der Waals surface area contributed by atoms with E-state index in [9.17, 15) is 0 Å². The van der Waals surface area contributed by atoms with Gasteiger partial charge in [0.05, 0.1) is 32.7 Å². The fraction of sp³-hybridized carbons (Fsp3) is 0.176. The number of rotatable bonds is 5. The highest BCUT2D eigenvalue weighted by Crippen LogP contribution is 2.32. The van der Waals surface area contributed by atoms with Crippen molar-refractivity contribution in [1.29, 1.82) is 0 Å². The number of hydrogen-bond acceptors (Lipinski definition) is 5. The van der Waals surface area contributed by atoms with E-state index >= 15 is 0 Å². The highest BCUT2D eigenvalue weighted by Gasteiger charge is 2.13. The van der Waals surface area contributed by atoms with E-state index in [-0.39, 0.29) is 0 Å². The molecule has 6 heteroatoms. The Bertz CT molecular complexity index is 797. The lowest BCUT2D eigenvalue weighted by Crippen LogP contribution is -2.05. The van der Waals surface area contributed by atoms with E-state index in [0.717, 1.165) is 28.3 Å². The highest BCUT2D eigenvalue weighted by atomic mass is 16.5. The SMILES string of the molecule is COc1ccc(-c2cnnn2Cc2ccc(N)cc2)c(OC)c1. The Morgan fingerprint density at radius 3 is 2.52 bits per heavy atom. The summed E-state index contributed by atoms with van der Waals surface area (Å²) in [5.74, 6) is 1.45. The van der Waals surface area contributed by atoms with E-state index < -0.39 is 0 Å². The van der Waals surface area contributed by atoms with Crippen molar-refractivity contribution < 1.29 is 9.47 Å². The van der Waals surface area contributed by atoms with E-state index in [0.29, 0.717) is 12.3 Å². The second-order valence-electron chi connectivity index (χ2n) is 5.08. The third-order valence-corrected chi connectivity index (χ3v) is 3.61. The van der Waals surface area contributed by atoms with Gasteiger partial charge in [0.1, 0.15) is 11.5 Å². The second kappa shape index (κ2) is 6.39. The maximum Gasteiger partial charge on any atom is 0.131 e. The van der Waals surface area contributed by atoms with Crippen LogP contribution in [0.2, 0.25) is 0 Å². The lowest BCUT2D eigenvalue weighted by atomic mass is 10.1. The van der Waals surface area contributed by atoms with Crippen LogP contribution in [-0.4, -0.2) is 29.2 Å². The average molecular weight is 310 g/mol. The Kier molecular flexibility index (Phi) is 4.14. The molecule has 0 radical (unpaired) electrons. The second-order valence-corrected chi connectivity index (χ2v) is 5.08. The zero-order valence-electron chi connectivity index (χ0n) is 13.1. The monoisotopic (exact) mass is 310 g/mol. The van der Waals surface area contributed by atoms with Crippen LogP contribution in [0, 0.1) is 0 Å². The molecule has 118 valence electrons. The van der Waals surface area contributed by atoms with Crippen LogP contribution in [0.5, 0.6) is 11.5 Å². The summed E-state index contributed by atoms with van der Waals surface area (Å²) >= 11 is 0. The fourth-order valence-corrected chi connectivity index (χ4v) is 2.39. The van der Waals surface area contributed by atoms with Gasteiger partial charge in [0.15, 0.2) is 0 Å².